The molecule has 0 saturated carbocycles. The summed E-state index contributed by atoms with van der Waals surface area (Å²) < 4.78 is 0. The van der Waals surface area contributed by atoms with Gasteiger partial charge in [-0.2, -0.15) is 0 Å². The van der Waals surface area contributed by atoms with E-state index in [9.17, 15) is 0 Å². The molecule has 1 fully saturated rings. The molecule has 0 spiro atoms. The summed E-state index contributed by atoms with van der Waals surface area (Å²) in [6.45, 7) is 8.35. The number of pyridine rings is 1. The van der Waals surface area contributed by atoms with Crippen molar-refractivity contribution in [2.45, 2.75) is 32.9 Å². The van der Waals surface area contributed by atoms with Crippen LogP contribution >= 0.6 is 11.3 Å². The van der Waals surface area contributed by atoms with Crippen LogP contribution in [0.2, 0.25) is 0 Å². The van der Waals surface area contributed by atoms with Gasteiger partial charge in [0, 0.05) is 61.7 Å². The van der Waals surface area contributed by atoms with E-state index in [2.05, 4.69) is 51.5 Å². The van der Waals surface area contributed by atoms with Crippen LogP contribution in [0.15, 0.2) is 18.3 Å². The summed E-state index contributed by atoms with van der Waals surface area (Å²) >= 11 is 1.74. The third kappa shape index (κ3) is 4.50. The Labute approximate surface area is 142 Å². The third-order valence-electron chi connectivity index (χ3n) is 4.11. The van der Waals surface area contributed by atoms with Gasteiger partial charge >= 0.3 is 0 Å². The van der Waals surface area contributed by atoms with Gasteiger partial charge in [-0.3, -0.25) is 9.88 Å². The van der Waals surface area contributed by atoms with Gasteiger partial charge in [0.15, 0.2) is 5.13 Å². The summed E-state index contributed by atoms with van der Waals surface area (Å²) in [6.07, 6.45) is 3.05. The first-order valence-corrected chi connectivity index (χ1v) is 8.96. The van der Waals surface area contributed by atoms with E-state index in [0.717, 1.165) is 49.1 Å². The quantitative estimate of drug-likeness (QED) is 0.880. The van der Waals surface area contributed by atoms with Crippen LogP contribution in [0.1, 0.15) is 21.8 Å². The standard InChI is InChI=1S/C17H25N5S/c1-12-6-14(7-13(2)21-12)8-15-10-22(5-4-19-15)11-16-9-20-17(18-3)23-16/h6-7,9,15,19H,4-5,8,10-11H2,1-3H3,(H,18,20). The van der Waals surface area contributed by atoms with Crippen molar-refractivity contribution in [1.29, 1.82) is 0 Å². The Bertz CT molecular complexity index is 634. The first kappa shape index (κ1) is 16.4. The SMILES string of the molecule is CNc1ncc(CN2CCNC(Cc3cc(C)nc(C)c3)C2)s1. The highest BCUT2D eigenvalue weighted by atomic mass is 32.1. The van der Waals surface area contributed by atoms with Crippen molar-refractivity contribution in [3.63, 3.8) is 0 Å². The molecule has 1 aliphatic rings. The van der Waals surface area contributed by atoms with Crippen LogP contribution in [0, 0.1) is 13.8 Å². The van der Waals surface area contributed by atoms with E-state index in [1.165, 1.54) is 10.4 Å². The molecule has 2 aromatic heterocycles. The zero-order valence-electron chi connectivity index (χ0n) is 14.1. The maximum atomic E-state index is 4.47. The highest BCUT2D eigenvalue weighted by Gasteiger charge is 2.20. The molecule has 1 atom stereocenters. The Balaban J connectivity index is 1.59. The monoisotopic (exact) mass is 331 g/mol. The Kier molecular flexibility index (Phi) is 5.25. The molecule has 1 unspecified atom stereocenters. The molecule has 0 aliphatic carbocycles. The molecule has 0 bridgehead atoms. The van der Waals surface area contributed by atoms with Gasteiger partial charge < -0.3 is 10.6 Å². The molecule has 2 N–H and O–H groups in total. The number of rotatable bonds is 5. The van der Waals surface area contributed by atoms with Gasteiger partial charge in [-0.25, -0.2) is 4.98 Å². The number of nitrogens with one attached hydrogen (secondary N) is 2. The molecule has 2 aromatic rings. The molecule has 1 saturated heterocycles. The van der Waals surface area contributed by atoms with E-state index < -0.39 is 0 Å². The van der Waals surface area contributed by atoms with Gasteiger partial charge in [-0.1, -0.05) is 0 Å². The Morgan fingerprint density at radius 1 is 1.35 bits per heavy atom. The fourth-order valence-corrected chi connectivity index (χ4v) is 4.02. The second kappa shape index (κ2) is 7.38. The highest BCUT2D eigenvalue weighted by Crippen LogP contribution is 2.20. The van der Waals surface area contributed by atoms with E-state index in [1.54, 1.807) is 11.3 Å². The number of hydrogen-bond donors (Lipinski definition) is 2. The summed E-state index contributed by atoms with van der Waals surface area (Å²) in [5.74, 6) is 0. The summed E-state index contributed by atoms with van der Waals surface area (Å²) in [6, 6.07) is 4.91. The third-order valence-corrected chi connectivity index (χ3v) is 5.11. The smallest absolute Gasteiger partial charge is 0.182 e. The van der Waals surface area contributed by atoms with Crippen molar-refractivity contribution in [2.75, 3.05) is 32.0 Å². The van der Waals surface area contributed by atoms with Crippen LogP contribution in [0.4, 0.5) is 5.13 Å². The van der Waals surface area contributed by atoms with Gasteiger partial charge in [0.2, 0.25) is 0 Å². The molecule has 124 valence electrons. The number of aromatic nitrogens is 2. The summed E-state index contributed by atoms with van der Waals surface area (Å²) in [5, 5.41) is 7.75. The molecule has 1 aliphatic heterocycles. The minimum absolute atomic E-state index is 0.502. The number of hydrogen-bond acceptors (Lipinski definition) is 6. The molecule has 6 heteroatoms. The molecular formula is C17H25N5S. The van der Waals surface area contributed by atoms with E-state index >= 15 is 0 Å². The molecule has 0 amide bonds. The van der Waals surface area contributed by atoms with Crippen LogP contribution in [-0.2, 0) is 13.0 Å². The molecule has 3 heterocycles. The van der Waals surface area contributed by atoms with Gasteiger partial charge in [-0.15, -0.1) is 11.3 Å². The van der Waals surface area contributed by atoms with E-state index in [-0.39, 0.29) is 0 Å². The fourth-order valence-electron chi connectivity index (χ4n) is 3.21. The van der Waals surface area contributed by atoms with Crippen molar-refractivity contribution in [3.05, 3.63) is 40.2 Å². The van der Waals surface area contributed by atoms with E-state index in [1.807, 2.05) is 13.2 Å². The molecule has 0 radical (unpaired) electrons. The zero-order valence-corrected chi connectivity index (χ0v) is 14.9. The molecule has 3 rings (SSSR count). The minimum atomic E-state index is 0.502. The molecule has 0 aromatic carbocycles. The van der Waals surface area contributed by atoms with Gasteiger partial charge in [-0.05, 0) is 38.0 Å². The lowest BCUT2D eigenvalue weighted by Gasteiger charge is -2.33. The Morgan fingerprint density at radius 2 is 2.13 bits per heavy atom. The second-order valence-electron chi connectivity index (χ2n) is 6.23. The van der Waals surface area contributed by atoms with Crippen LogP contribution in [0.5, 0.6) is 0 Å². The number of nitrogens with zero attached hydrogens (tertiary/aromatic N) is 3. The van der Waals surface area contributed by atoms with Crippen molar-refractivity contribution in [2.24, 2.45) is 0 Å². The zero-order chi connectivity index (χ0) is 16.2. The predicted molar refractivity (Wildman–Crippen MR) is 96.1 cm³/mol. The summed E-state index contributed by atoms with van der Waals surface area (Å²) in [4.78, 5) is 12.7. The predicted octanol–water partition coefficient (Wildman–Crippen LogP) is 2.21. The van der Waals surface area contributed by atoms with Crippen molar-refractivity contribution in [1.82, 2.24) is 20.2 Å². The maximum absolute atomic E-state index is 4.47. The summed E-state index contributed by atoms with van der Waals surface area (Å²) in [7, 11) is 1.92. The van der Waals surface area contributed by atoms with Crippen molar-refractivity contribution < 1.29 is 0 Å². The lowest BCUT2D eigenvalue weighted by atomic mass is 10.0. The van der Waals surface area contributed by atoms with E-state index in [0.29, 0.717) is 6.04 Å². The molecular weight excluding hydrogens is 306 g/mol. The van der Waals surface area contributed by atoms with Gasteiger partial charge in [0.05, 0.1) is 0 Å². The molecule has 23 heavy (non-hydrogen) atoms. The van der Waals surface area contributed by atoms with E-state index in [4.69, 9.17) is 0 Å². The normalized spacial score (nSPS) is 19.0. The van der Waals surface area contributed by atoms with Crippen molar-refractivity contribution >= 4 is 16.5 Å². The highest BCUT2D eigenvalue weighted by molar-refractivity contribution is 7.15. The Hall–Kier alpha value is -1.50. The lowest BCUT2D eigenvalue weighted by molar-refractivity contribution is 0.193. The van der Waals surface area contributed by atoms with Crippen molar-refractivity contribution in [3.8, 4) is 0 Å². The number of aryl methyl sites for hydroxylation is 2. The second-order valence-corrected chi connectivity index (χ2v) is 7.35. The van der Waals surface area contributed by atoms with Crippen LogP contribution in [0.25, 0.3) is 0 Å². The largest absolute Gasteiger partial charge is 0.365 e. The number of thiazole rings is 1. The molecule has 5 nitrogen and oxygen atoms in total. The van der Waals surface area contributed by atoms with Crippen LogP contribution in [0.3, 0.4) is 0 Å². The maximum Gasteiger partial charge on any atom is 0.182 e. The minimum Gasteiger partial charge on any atom is -0.365 e. The van der Waals surface area contributed by atoms with Crippen LogP contribution in [-0.4, -0.2) is 47.6 Å². The Morgan fingerprint density at radius 3 is 2.83 bits per heavy atom. The average Bonchev–Trinajstić information content (AvgIpc) is 2.94. The lowest BCUT2D eigenvalue weighted by Crippen LogP contribution is -2.51. The first-order valence-electron chi connectivity index (χ1n) is 8.15. The topological polar surface area (TPSA) is 53.1 Å². The summed E-state index contributed by atoms with van der Waals surface area (Å²) in [5.41, 5.74) is 3.60. The fraction of sp³-hybridized carbons (Fsp3) is 0.529. The first-order chi connectivity index (χ1) is 11.1. The van der Waals surface area contributed by atoms with Crippen LogP contribution < -0.4 is 10.6 Å². The average molecular weight is 331 g/mol. The number of piperazine rings is 1. The number of anilines is 1. The van der Waals surface area contributed by atoms with Gasteiger partial charge in [0.1, 0.15) is 0 Å². The van der Waals surface area contributed by atoms with Gasteiger partial charge in [0.25, 0.3) is 0 Å².